The number of aromatic nitrogens is 3. The normalized spacial score (nSPS) is 11.1. The summed E-state index contributed by atoms with van der Waals surface area (Å²) in [5.74, 6) is 0.720. The van der Waals surface area contributed by atoms with Crippen molar-refractivity contribution in [2.45, 2.75) is 30.9 Å². The molecule has 0 saturated heterocycles. The number of hydrogen-bond donors (Lipinski definition) is 1. The van der Waals surface area contributed by atoms with Gasteiger partial charge in [-0.05, 0) is 53.9 Å². The molecule has 5 aromatic rings. The lowest BCUT2D eigenvalue weighted by Gasteiger charge is -2.10. The molecule has 0 bridgehead atoms. The van der Waals surface area contributed by atoms with E-state index in [2.05, 4.69) is 46.1 Å². The highest BCUT2D eigenvalue weighted by Gasteiger charge is 2.13. The van der Waals surface area contributed by atoms with E-state index < -0.39 is 0 Å². The van der Waals surface area contributed by atoms with Crippen LogP contribution in [0.25, 0.3) is 11.0 Å². The van der Waals surface area contributed by atoms with E-state index in [4.69, 9.17) is 16.6 Å². The fraction of sp³-hybridized carbons (Fsp3) is 0.138. The van der Waals surface area contributed by atoms with Crippen LogP contribution in [0.1, 0.15) is 32.6 Å². The van der Waals surface area contributed by atoms with Crippen LogP contribution in [-0.4, -0.2) is 20.4 Å². The number of imidazole rings is 1. The standard InChI is InChI=1S/C29H25ClN4OS/c1-20-4-2-6-23(14-20)19-36-29-33-26-12-13-31-17-27(26)34(29)18-21-8-10-24(11-9-21)28(35)32-16-22-5-3-7-25(30)15-22/h2-15,17H,16,18-19H2,1H3,(H,32,35). The zero-order valence-electron chi connectivity index (χ0n) is 19.8. The molecular weight excluding hydrogens is 488 g/mol. The number of rotatable bonds is 8. The summed E-state index contributed by atoms with van der Waals surface area (Å²) < 4.78 is 2.19. The largest absolute Gasteiger partial charge is 0.348 e. The summed E-state index contributed by atoms with van der Waals surface area (Å²) in [6.07, 6.45) is 3.63. The van der Waals surface area contributed by atoms with E-state index in [0.717, 1.165) is 33.1 Å². The SMILES string of the molecule is Cc1cccc(CSc2nc3ccncc3n2Cc2ccc(C(=O)NCc3cccc(Cl)c3)cc2)c1. The Balaban J connectivity index is 1.30. The fourth-order valence-electron chi connectivity index (χ4n) is 4.04. The number of halogens is 1. The summed E-state index contributed by atoms with van der Waals surface area (Å²) in [7, 11) is 0. The highest BCUT2D eigenvalue weighted by atomic mass is 35.5. The second-order valence-electron chi connectivity index (χ2n) is 8.63. The number of nitrogens with one attached hydrogen (secondary N) is 1. The Morgan fingerprint density at radius 2 is 1.78 bits per heavy atom. The van der Waals surface area contributed by atoms with Crippen LogP contribution in [0.2, 0.25) is 5.02 Å². The summed E-state index contributed by atoms with van der Waals surface area (Å²) in [6.45, 7) is 3.18. The van der Waals surface area contributed by atoms with Crippen molar-refractivity contribution >= 4 is 40.3 Å². The minimum atomic E-state index is -0.117. The number of amides is 1. The first kappa shape index (κ1) is 24.1. The molecular formula is C29H25ClN4OS. The smallest absolute Gasteiger partial charge is 0.251 e. The molecule has 1 N–H and O–H groups in total. The Bertz CT molecular complexity index is 1510. The molecule has 0 atom stereocenters. The van der Waals surface area contributed by atoms with Gasteiger partial charge in [0.25, 0.3) is 5.91 Å². The quantitative estimate of drug-likeness (QED) is 0.236. The number of thioether (sulfide) groups is 1. The molecule has 0 fully saturated rings. The Morgan fingerprint density at radius 1 is 0.972 bits per heavy atom. The molecule has 5 nitrogen and oxygen atoms in total. The zero-order valence-corrected chi connectivity index (χ0v) is 21.4. The van der Waals surface area contributed by atoms with Crippen molar-refractivity contribution in [3.8, 4) is 0 Å². The minimum Gasteiger partial charge on any atom is -0.348 e. The van der Waals surface area contributed by atoms with Gasteiger partial charge in [0.15, 0.2) is 5.16 Å². The number of carbonyl (C=O) groups is 1. The molecule has 0 radical (unpaired) electrons. The number of hydrogen-bond acceptors (Lipinski definition) is 4. The molecule has 7 heteroatoms. The number of aryl methyl sites for hydroxylation is 1. The highest BCUT2D eigenvalue weighted by molar-refractivity contribution is 7.98. The summed E-state index contributed by atoms with van der Waals surface area (Å²) in [6, 6.07) is 25.7. The topological polar surface area (TPSA) is 59.8 Å². The second-order valence-corrected chi connectivity index (χ2v) is 10.0. The third-order valence-corrected chi connectivity index (χ3v) is 7.15. The van der Waals surface area contributed by atoms with Gasteiger partial charge in [-0.1, -0.05) is 77.5 Å². The van der Waals surface area contributed by atoms with Gasteiger partial charge in [-0.2, -0.15) is 0 Å². The van der Waals surface area contributed by atoms with Crippen LogP contribution < -0.4 is 5.32 Å². The van der Waals surface area contributed by atoms with Gasteiger partial charge >= 0.3 is 0 Å². The predicted molar refractivity (Wildman–Crippen MR) is 146 cm³/mol. The fourth-order valence-corrected chi connectivity index (χ4v) is 5.21. The monoisotopic (exact) mass is 512 g/mol. The molecule has 2 aromatic heterocycles. The van der Waals surface area contributed by atoms with Gasteiger partial charge in [-0.3, -0.25) is 9.78 Å². The molecule has 0 saturated carbocycles. The highest BCUT2D eigenvalue weighted by Crippen LogP contribution is 2.27. The van der Waals surface area contributed by atoms with Crippen LogP contribution in [0.5, 0.6) is 0 Å². The van der Waals surface area contributed by atoms with Crippen molar-refractivity contribution < 1.29 is 4.79 Å². The number of pyridine rings is 1. The first-order valence-corrected chi connectivity index (χ1v) is 13.0. The molecule has 0 aliphatic heterocycles. The Kier molecular flexibility index (Phi) is 7.35. The minimum absolute atomic E-state index is 0.117. The number of benzene rings is 3. The van der Waals surface area contributed by atoms with Crippen molar-refractivity contribution in [3.63, 3.8) is 0 Å². The van der Waals surface area contributed by atoms with E-state index in [-0.39, 0.29) is 5.91 Å². The van der Waals surface area contributed by atoms with Crippen LogP contribution in [0, 0.1) is 6.92 Å². The van der Waals surface area contributed by atoms with Gasteiger partial charge in [0.1, 0.15) is 0 Å². The average molecular weight is 513 g/mol. The number of fused-ring (bicyclic) bond motifs is 1. The second kappa shape index (κ2) is 11.0. The van der Waals surface area contributed by atoms with E-state index in [0.29, 0.717) is 23.7 Å². The van der Waals surface area contributed by atoms with Crippen LogP contribution in [0.3, 0.4) is 0 Å². The van der Waals surface area contributed by atoms with E-state index >= 15 is 0 Å². The van der Waals surface area contributed by atoms with E-state index in [1.54, 1.807) is 18.0 Å². The maximum Gasteiger partial charge on any atom is 0.251 e. The molecule has 5 rings (SSSR count). The maximum absolute atomic E-state index is 12.6. The van der Waals surface area contributed by atoms with Crippen molar-refractivity contribution in [2.24, 2.45) is 0 Å². The molecule has 180 valence electrons. The van der Waals surface area contributed by atoms with Gasteiger partial charge in [0.05, 0.1) is 23.8 Å². The maximum atomic E-state index is 12.6. The molecule has 3 aromatic carbocycles. The van der Waals surface area contributed by atoms with Gasteiger partial charge < -0.3 is 9.88 Å². The third-order valence-electron chi connectivity index (χ3n) is 5.86. The van der Waals surface area contributed by atoms with Crippen molar-refractivity contribution in [3.05, 3.63) is 124 Å². The number of carbonyl (C=O) groups excluding carboxylic acids is 1. The molecule has 0 spiro atoms. The van der Waals surface area contributed by atoms with Gasteiger partial charge in [0.2, 0.25) is 0 Å². The molecule has 36 heavy (non-hydrogen) atoms. The molecule has 0 unspecified atom stereocenters. The Hall–Kier alpha value is -3.61. The molecule has 0 aliphatic rings. The molecule has 0 aliphatic carbocycles. The van der Waals surface area contributed by atoms with E-state index in [1.165, 1.54) is 11.1 Å². The number of nitrogens with zero attached hydrogens (tertiary/aromatic N) is 3. The van der Waals surface area contributed by atoms with E-state index in [1.807, 2.05) is 60.8 Å². The van der Waals surface area contributed by atoms with Crippen molar-refractivity contribution in [1.82, 2.24) is 19.9 Å². The zero-order chi connectivity index (χ0) is 24.9. The van der Waals surface area contributed by atoms with Gasteiger partial charge in [0, 0.05) is 29.1 Å². The van der Waals surface area contributed by atoms with Crippen LogP contribution in [0.4, 0.5) is 0 Å². The summed E-state index contributed by atoms with van der Waals surface area (Å²) in [4.78, 5) is 21.8. The van der Waals surface area contributed by atoms with E-state index in [9.17, 15) is 4.79 Å². The third kappa shape index (κ3) is 5.78. The van der Waals surface area contributed by atoms with Crippen LogP contribution in [-0.2, 0) is 18.8 Å². The lowest BCUT2D eigenvalue weighted by molar-refractivity contribution is 0.0951. The average Bonchev–Trinajstić information content (AvgIpc) is 3.24. The lowest BCUT2D eigenvalue weighted by Crippen LogP contribution is -2.22. The molecule has 1 amide bonds. The first-order valence-electron chi connectivity index (χ1n) is 11.7. The summed E-state index contributed by atoms with van der Waals surface area (Å²) >= 11 is 7.75. The lowest BCUT2D eigenvalue weighted by atomic mass is 10.1. The first-order chi connectivity index (χ1) is 17.5. The Morgan fingerprint density at radius 3 is 2.58 bits per heavy atom. The summed E-state index contributed by atoms with van der Waals surface area (Å²) in [5.41, 5.74) is 7.10. The van der Waals surface area contributed by atoms with Crippen LogP contribution >= 0.6 is 23.4 Å². The Labute approximate surface area is 219 Å². The summed E-state index contributed by atoms with van der Waals surface area (Å²) in [5, 5.41) is 4.56. The van der Waals surface area contributed by atoms with Crippen molar-refractivity contribution in [2.75, 3.05) is 0 Å². The van der Waals surface area contributed by atoms with Crippen LogP contribution in [0.15, 0.2) is 96.4 Å². The predicted octanol–water partition coefficient (Wildman–Crippen LogP) is 6.66. The van der Waals surface area contributed by atoms with Gasteiger partial charge in [-0.25, -0.2) is 4.98 Å². The van der Waals surface area contributed by atoms with Gasteiger partial charge in [-0.15, -0.1) is 0 Å². The van der Waals surface area contributed by atoms with Crippen molar-refractivity contribution in [1.29, 1.82) is 0 Å². The molecule has 2 heterocycles.